The van der Waals surface area contributed by atoms with Crippen molar-refractivity contribution in [1.29, 1.82) is 0 Å². The molecule has 1 amide bonds. The van der Waals surface area contributed by atoms with Crippen molar-refractivity contribution in [2.45, 2.75) is 6.54 Å². The lowest BCUT2D eigenvalue weighted by atomic mass is 10.2. The number of anilines is 1. The van der Waals surface area contributed by atoms with Gasteiger partial charge >= 0.3 is 0 Å². The number of aromatic nitrogens is 4. The van der Waals surface area contributed by atoms with Gasteiger partial charge in [-0.1, -0.05) is 17.7 Å². The van der Waals surface area contributed by atoms with Gasteiger partial charge in [-0.3, -0.25) is 9.78 Å². The summed E-state index contributed by atoms with van der Waals surface area (Å²) in [5.74, 6) is -0.00979. The SMILES string of the molecule is O=C(c1cnc2c(c1)ncn2Cc1ccccn1)N1CCN(c2ccc(Cl)cc2)CC1. The number of piperazine rings is 1. The Balaban J connectivity index is 1.27. The van der Waals surface area contributed by atoms with E-state index in [9.17, 15) is 4.79 Å². The Morgan fingerprint density at radius 1 is 0.968 bits per heavy atom. The van der Waals surface area contributed by atoms with Crippen molar-refractivity contribution < 1.29 is 4.79 Å². The van der Waals surface area contributed by atoms with E-state index in [2.05, 4.69) is 19.9 Å². The van der Waals surface area contributed by atoms with E-state index in [-0.39, 0.29) is 5.91 Å². The molecule has 0 saturated carbocycles. The lowest BCUT2D eigenvalue weighted by Gasteiger charge is -2.36. The minimum absolute atomic E-state index is 0.00979. The molecule has 1 fully saturated rings. The first kappa shape index (κ1) is 19.5. The number of benzene rings is 1. The van der Waals surface area contributed by atoms with Crippen molar-refractivity contribution in [3.63, 3.8) is 0 Å². The average molecular weight is 433 g/mol. The summed E-state index contributed by atoms with van der Waals surface area (Å²) in [5, 5.41) is 0.725. The van der Waals surface area contributed by atoms with Gasteiger partial charge in [0.15, 0.2) is 5.65 Å². The van der Waals surface area contributed by atoms with Gasteiger partial charge < -0.3 is 14.4 Å². The van der Waals surface area contributed by atoms with E-state index in [4.69, 9.17) is 11.6 Å². The van der Waals surface area contributed by atoms with Crippen LogP contribution in [0.25, 0.3) is 11.2 Å². The summed E-state index contributed by atoms with van der Waals surface area (Å²) in [5.41, 5.74) is 4.08. The molecule has 0 radical (unpaired) electrons. The summed E-state index contributed by atoms with van der Waals surface area (Å²) in [7, 11) is 0. The molecule has 0 aliphatic carbocycles. The lowest BCUT2D eigenvalue weighted by Crippen LogP contribution is -2.48. The van der Waals surface area contributed by atoms with Gasteiger partial charge in [0.05, 0.1) is 24.1 Å². The zero-order valence-corrected chi connectivity index (χ0v) is 17.6. The Bertz CT molecular complexity index is 1200. The van der Waals surface area contributed by atoms with E-state index in [1.54, 1.807) is 18.7 Å². The Labute approximate surface area is 184 Å². The van der Waals surface area contributed by atoms with Gasteiger partial charge in [-0.25, -0.2) is 9.97 Å². The van der Waals surface area contributed by atoms with Crippen LogP contribution >= 0.6 is 11.6 Å². The molecule has 1 aliphatic heterocycles. The van der Waals surface area contributed by atoms with E-state index in [0.29, 0.717) is 30.7 Å². The van der Waals surface area contributed by atoms with Gasteiger partial charge in [-0.15, -0.1) is 0 Å². The van der Waals surface area contributed by atoms with Gasteiger partial charge in [-0.05, 0) is 42.5 Å². The Hall–Kier alpha value is -3.45. The number of carbonyl (C=O) groups is 1. The number of pyridine rings is 2. The second-order valence-electron chi connectivity index (χ2n) is 7.52. The van der Waals surface area contributed by atoms with Gasteiger partial charge in [0.2, 0.25) is 0 Å². The van der Waals surface area contributed by atoms with Crippen molar-refractivity contribution in [1.82, 2.24) is 24.4 Å². The molecule has 0 spiro atoms. The van der Waals surface area contributed by atoms with Crippen LogP contribution < -0.4 is 4.90 Å². The summed E-state index contributed by atoms with van der Waals surface area (Å²) >= 11 is 5.98. The smallest absolute Gasteiger partial charge is 0.255 e. The number of amides is 1. The quantitative estimate of drug-likeness (QED) is 0.494. The van der Waals surface area contributed by atoms with E-state index in [1.807, 2.05) is 58.0 Å². The van der Waals surface area contributed by atoms with Crippen LogP contribution in [0.4, 0.5) is 5.69 Å². The molecule has 4 aromatic rings. The Kier molecular flexibility index (Phi) is 5.26. The van der Waals surface area contributed by atoms with Crippen molar-refractivity contribution in [2.75, 3.05) is 31.1 Å². The number of fused-ring (bicyclic) bond motifs is 1. The van der Waals surface area contributed by atoms with Crippen LogP contribution in [0.2, 0.25) is 5.02 Å². The number of halogens is 1. The zero-order chi connectivity index (χ0) is 21.2. The van der Waals surface area contributed by atoms with Crippen LogP contribution in [0.5, 0.6) is 0 Å². The molecule has 3 aromatic heterocycles. The molecule has 0 N–H and O–H groups in total. The molecule has 4 heterocycles. The first-order valence-corrected chi connectivity index (χ1v) is 10.6. The molecule has 0 unspecified atom stereocenters. The number of rotatable bonds is 4. The Morgan fingerprint density at radius 2 is 1.77 bits per heavy atom. The van der Waals surface area contributed by atoms with Gasteiger partial charge in [0, 0.05) is 49.3 Å². The molecule has 8 heteroatoms. The highest BCUT2D eigenvalue weighted by Crippen LogP contribution is 2.21. The maximum atomic E-state index is 13.0. The van der Waals surface area contributed by atoms with E-state index in [0.717, 1.165) is 35.1 Å². The van der Waals surface area contributed by atoms with Crippen molar-refractivity contribution in [2.24, 2.45) is 0 Å². The molecule has 1 saturated heterocycles. The summed E-state index contributed by atoms with van der Waals surface area (Å²) in [6.07, 6.45) is 5.16. The van der Waals surface area contributed by atoms with Crippen LogP contribution in [0, 0.1) is 0 Å². The first-order valence-electron chi connectivity index (χ1n) is 10.2. The summed E-state index contributed by atoms with van der Waals surface area (Å²) in [6, 6.07) is 15.4. The standard InChI is InChI=1S/C23H21ClN6O/c24-18-4-6-20(7-5-18)28-9-11-29(12-10-28)23(31)17-13-21-22(26-14-17)30(16-27-21)15-19-3-1-2-8-25-19/h1-8,13-14,16H,9-12,15H2. The number of hydrogen-bond donors (Lipinski definition) is 0. The average Bonchev–Trinajstić information content (AvgIpc) is 3.22. The maximum Gasteiger partial charge on any atom is 0.255 e. The largest absolute Gasteiger partial charge is 0.368 e. The zero-order valence-electron chi connectivity index (χ0n) is 16.9. The monoisotopic (exact) mass is 432 g/mol. The predicted octanol–water partition coefficient (Wildman–Crippen LogP) is 3.49. The first-order chi connectivity index (χ1) is 15.2. The van der Waals surface area contributed by atoms with Crippen molar-refractivity contribution in [3.05, 3.63) is 83.5 Å². The highest BCUT2D eigenvalue weighted by Gasteiger charge is 2.23. The number of nitrogens with zero attached hydrogens (tertiary/aromatic N) is 6. The molecule has 1 aromatic carbocycles. The third-order valence-corrected chi connectivity index (χ3v) is 5.77. The van der Waals surface area contributed by atoms with Crippen LogP contribution in [0.15, 0.2) is 67.3 Å². The van der Waals surface area contributed by atoms with Crippen LogP contribution in [0.3, 0.4) is 0 Å². The van der Waals surface area contributed by atoms with Crippen molar-refractivity contribution in [3.8, 4) is 0 Å². The number of carbonyl (C=O) groups excluding carboxylic acids is 1. The Morgan fingerprint density at radius 3 is 2.52 bits per heavy atom. The molecule has 0 bridgehead atoms. The highest BCUT2D eigenvalue weighted by molar-refractivity contribution is 6.30. The van der Waals surface area contributed by atoms with Crippen molar-refractivity contribution >= 4 is 34.4 Å². The maximum absolute atomic E-state index is 13.0. The molecular formula is C23H21ClN6O. The predicted molar refractivity (Wildman–Crippen MR) is 120 cm³/mol. The normalized spacial score (nSPS) is 14.2. The minimum Gasteiger partial charge on any atom is -0.368 e. The summed E-state index contributed by atoms with van der Waals surface area (Å²) < 4.78 is 1.94. The molecule has 0 atom stereocenters. The van der Waals surface area contributed by atoms with Crippen LogP contribution in [-0.2, 0) is 6.54 Å². The van der Waals surface area contributed by atoms with Gasteiger partial charge in [0.1, 0.15) is 5.52 Å². The van der Waals surface area contributed by atoms with E-state index >= 15 is 0 Å². The molecule has 156 valence electrons. The van der Waals surface area contributed by atoms with Crippen LogP contribution in [-0.4, -0.2) is 56.5 Å². The lowest BCUT2D eigenvalue weighted by molar-refractivity contribution is 0.0746. The number of hydrogen-bond acceptors (Lipinski definition) is 5. The molecular weight excluding hydrogens is 412 g/mol. The van der Waals surface area contributed by atoms with Gasteiger partial charge in [0.25, 0.3) is 5.91 Å². The topological polar surface area (TPSA) is 67.2 Å². The van der Waals surface area contributed by atoms with E-state index in [1.165, 1.54) is 0 Å². The molecule has 7 nitrogen and oxygen atoms in total. The summed E-state index contributed by atoms with van der Waals surface area (Å²) in [4.78, 5) is 30.5. The summed E-state index contributed by atoms with van der Waals surface area (Å²) in [6.45, 7) is 3.47. The highest BCUT2D eigenvalue weighted by atomic mass is 35.5. The third kappa shape index (κ3) is 4.09. The fraction of sp³-hybridized carbons (Fsp3) is 0.217. The third-order valence-electron chi connectivity index (χ3n) is 5.52. The second-order valence-corrected chi connectivity index (χ2v) is 7.95. The van der Waals surface area contributed by atoms with Gasteiger partial charge in [-0.2, -0.15) is 0 Å². The molecule has 31 heavy (non-hydrogen) atoms. The van der Waals surface area contributed by atoms with Crippen LogP contribution in [0.1, 0.15) is 16.1 Å². The van der Waals surface area contributed by atoms with E-state index < -0.39 is 0 Å². The fourth-order valence-corrected chi connectivity index (χ4v) is 3.98. The molecule has 1 aliphatic rings. The minimum atomic E-state index is -0.00979. The second kappa shape index (κ2) is 8.35. The number of imidazole rings is 1. The molecule has 5 rings (SSSR count). The fourth-order valence-electron chi connectivity index (χ4n) is 3.85.